The SMILES string of the molecule is O=C1C(=NNc2ccccn2)C2CCCC3CCCC1C32. The van der Waals surface area contributed by atoms with Crippen LogP contribution in [0.3, 0.4) is 0 Å². The Hall–Kier alpha value is -1.71. The molecule has 1 N–H and O–H groups in total. The lowest BCUT2D eigenvalue weighted by Crippen LogP contribution is -2.33. The summed E-state index contributed by atoms with van der Waals surface area (Å²) in [6.45, 7) is 0. The van der Waals surface area contributed by atoms with E-state index in [1.54, 1.807) is 6.20 Å². The van der Waals surface area contributed by atoms with E-state index in [-0.39, 0.29) is 5.92 Å². The van der Waals surface area contributed by atoms with Crippen LogP contribution in [0, 0.1) is 23.7 Å². The van der Waals surface area contributed by atoms with Crippen LogP contribution in [0.15, 0.2) is 29.5 Å². The van der Waals surface area contributed by atoms with Crippen molar-refractivity contribution in [3.63, 3.8) is 0 Å². The fraction of sp³-hybridized carbons (Fsp3) is 0.588. The molecule has 1 heterocycles. The topological polar surface area (TPSA) is 54.4 Å². The number of ketones is 1. The number of Topliss-reactive ketones (excluding diaryl/α,β-unsaturated/α-hetero) is 1. The van der Waals surface area contributed by atoms with Crippen LogP contribution in [0.4, 0.5) is 5.82 Å². The summed E-state index contributed by atoms with van der Waals surface area (Å²) in [6, 6.07) is 5.67. The summed E-state index contributed by atoms with van der Waals surface area (Å²) in [5.41, 5.74) is 3.78. The Morgan fingerprint density at radius 1 is 1.10 bits per heavy atom. The van der Waals surface area contributed by atoms with Gasteiger partial charge < -0.3 is 0 Å². The lowest BCUT2D eigenvalue weighted by molar-refractivity contribution is -0.118. The highest BCUT2D eigenvalue weighted by molar-refractivity contribution is 6.43. The van der Waals surface area contributed by atoms with E-state index in [0.717, 1.165) is 24.5 Å². The molecular weight excluding hydrogens is 262 g/mol. The number of nitrogens with zero attached hydrogens (tertiary/aromatic N) is 2. The monoisotopic (exact) mass is 283 g/mol. The first-order valence-electron chi connectivity index (χ1n) is 8.13. The van der Waals surface area contributed by atoms with Gasteiger partial charge in [0.15, 0.2) is 5.78 Å². The van der Waals surface area contributed by atoms with Gasteiger partial charge in [-0.3, -0.25) is 10.2 Å². The van der Waals surface area contributed by atoms with Crippen molar-refractivity contribution in [1.82, 2.24) is 4.98 Å². The van der Waals surface area contributed by atoms with Crippen molar-refractivity contribution in [2.45, 2.75) is 38.5 Å². The van der Waals surface area contributed by atoms with Crippen LogP contribution >= 0.6 is 0 Å². The second kappa shape index (κ2) is 5.24. The molecule has 0 spiro atoms. The smallest absolute Gasteiger partial charge is 0.182 e. The average Bonchev–Trinajstić information content (AvgIpc) is 2.81. The van der Waals surface area contributed by atoms with Crippen LogP contribution in [-0.4, -0.2) is 16.5 Å². The molecule has 4 atom stereocenters. The standard InChI is InChI=1S/C17H21N3O/c21-17-13-8-4-6-11-5-3-7-12(15(11)13)16(17)20-19-14-9-1-2-10-18-14/h1-2,9-13,15H,3-8H2,(H,18,19). The summed E-state index contributed by atoms with van der Waals surface area (Å²) in [4.78, 5) is 16.9. The molecule has 0 amide bonds. The van der Waals surface area contributed by atoms with Gasteiger partial charge in [-0.1, -0.05) is 31.7 Å². The summed E-state index contributed by atoms with van der Waals surface area (Å²) in [6.07, 6.45) is 9.01. The van der Waals surface area contributed by atoms with Gasteiger partial charge >= 0.3 is 0 Å². The molecule has 21 heavy (non-hydrogen) atoms. The molecule has 1 aromatic heterocycles. The van der Waals surface area contributed by atoms with E-state index in [9.17, 15) is 4.79 Å². The molecule has 0 bridgehead atoms. The van der Waals surface area contributed by atoms with Crippen molar-refractivity contribution in [2.75, 3.05) is 5.43 Å². The van der Waals surface area contributed by atoms with E-state index in [2.05, 4.69) is 15.5 Å². The molecule has 3 aliphatic carbocycles. The number of rotatable bonds is 2. The van der Waals surface area contributed by atoms with E-state index >= 15 is 0 Å². The number of pyridine rings is 1. The predicted molar refractivity (Wildman–Crippen MR) is 82.0 cm³/mol. The Morgan fingerprint density at radius 3 is 2.67 bits per heavy atom. The summed E-state index contributed by atoms with van der Waals surface area (Å²) in [7, 11) is 0. The van der Waals surface area contributed by atoms with Gasteiger partial charge in [0, 0.05) is 18.0 Å². The fourth-order valence-electron chi connectivity index (χ4n) is 4.73. The molecule has 0 radical (unpaired) electrons. The van der Waals surface area contributed by atoms with E-state index < -0.39 is 0 Å². The number of carbonyl (C=O) groups excluding carboxylic acids is 1. The minimum Gasteiger partial charge on any atom is -0.292 e. The molecule has 0 aromatic carbocycles. The van der Waals surface area contributed by atoms with Crippen LogP contribution in [0.25, 0.3) is 0 Å². The summed E-state index contributed by atoms with van der Waals surface area (Å²) in [5.74, 6) is 2.98. The first-order valence-corrected chi connectivity index (χ1v) is 8.13. The maximum Gasteiger partial charge on any atom is 0.182 e. The zero-order valence-electron chi connectivity index (χ0n) is 12.2. The van der Waals surface area contributed by atoms with E-state index in [4.69, 9.17) is 0 Å². The number of nitrogens with one attached hydrogen (secondary N) is 1. The first-order chi connectivity index (χ1) is 10.3. The van der Waals surface area contributed by atoms with Crippen molar-refractivity contribution in [3.05, 3.63) is 24.4 Å². The van der Waals surface area contributed by atoms with Crippen molar-refractivity contribution in [3.8, 4) is 0 Å². The molecule has 1 aromatic rings. The molecule has 0 saturated heterocycles. The average molecular weight is 283 g/mol. The number of aromatic nitrogens is 1. The number of hydrogen-bond acceptors (Lipinski definition) is 4. The summed E-state index contributed by atoms with van der Waals surface area (Å²) >= 11 is 0. The van der Waals surface area contributed by atoms with Crippen molar-refractivity contribution in [2.24, 2.45) is 28.8 Å². The maximum atomic E-state index is 12.7. The highest BCUT2D eigenvalue weighted by Crippen LogP contribution is 2.52. The molecule has 3 saturated carbocycles. The Morgan fingerprint density at radius 2 is 1.90 bits per heavy atom. The first kappa shape index (κ1) is 13.0. The minimum absolute atomic E-state index is 0.248. The highest BCUT2D eigenvalue weighted by Gasteiger charge is 2.53. The van der Waals surface area contributed by atoms with Crippen LogP contribution in [0.2, 0.25) is 0 Å². The molecule has 110 valence electrons. The third-order valence-corrected chi connectivity index (χ3v) is 5.55. The normalized spacial score (nSPS) is 36.6. The Bertz CT molecular complexity index is 567. The third-order valence-electron chi connectivity index (χ3n) is 5.55. The lowest BCUT2D eigenvalue weighted by atomic mass is 9.65. The van der Waals surface area contributed by atoms with Crippen molar-refractivity contribution < 1.29 is 4.79 Å². The van der Waals surface area contributed by atoms with Gasteiger partial charge in [-0.25, -0.2) is 4.98 Å². The molecule has 3 aliphatic rings. The maximum absolute atomic E-state index is 12.7. The van der Waals surface area contributed by atoms with Crippen molar-refractivity contribution in [1.29, 1.82) is 0 Å². The predicted octanol–water partition coefficient (Wildman–Crippen LogP) is 3.26. The lowest BCUT2D eigenvalue weighted by Gasteiger charge is -2.39. The van der Waals surface area contributed by atoms with Crippen LogP contribution in [0.1, 0.15) is 38.5 Å². The van der Waals surface area contributed by atoms with Gasteiger partial charge in [0.2, 0.25) is 0 Å². The van der Waals surface area contributed by atoms with E-state index in [0.29, 0.717) is 23.4 Å². The van der Waals surface area contributed by atoms with Gasteiger partial charge in [0.05, 0.1) is 0 Å². The van der Waals surface area contributed by atoms with E-state index in [1.165, 1.54) is 25.7 Å². The zero-order valence-corrected chi connectivity index (χ0v) is 12.2. The fourth-order valence-corrected chi connectivity index (χ4v) is 4.73. The Labute approximate surface area is 125 Å². The van der Waals surface area contributed by atoms with Gasteiger partial charge in [0.1, 0.15) is 11.5 Å². The molecule has 4 heteroatoms. The number of carbonyl (C=O) groups is 1. The molecular formula is C17H21N3O. The molecule has 4 rings (SSSR count). The Balaban J connectivity index is 1.61. The number of anilines is 1. The minimum atomic E-state index is 0.248. The zero-order chi connectivity index (χ0) is 14.2. The molecule has 0 aliphatic heterocycles. The van der Waals surface area contributed by atoms with Gasteiger partial charge in [-0.2, -0.15) is 5.10 Å². The Kier molecular flexibility index (Phi) is 3.24. The summed E-state index contributed by atoms with van der Waals surface area (Å²) in [5, 5.41) is 4.47. The van der Waals surface area contributed by atoms with E-state index in [1.807, 2.05) is 18.2 Å². The molecule has 4 unspecified atom stereocenters. The largest absolute Gasteiger partial charge is 0.292 e. The summed E-state index contributed by atoms with van der Waals surface area (Å²) < 4.78 is 0. The van der Waals surface area contributed by atoms with Crippen LogP contribution in [-0.2, 0) is 4.79 Å². The van der Waals surface area contributed by atoms with Gasteiger partial charge in [-0.15, -0.1) is 0 Å². The second-order valence-corrected chi connectivity index (χ2v) is 6.60. The van der Waals surface area contributed by atoms with Crippen LogP contribution in [0.5, 0.6) is 0 Å². The van der Waals surface area contributed by atoms with Crippen LogP contribution < -0.4 is 5.43 Å². The number of hydrogen-bond donors (Lipinski definition) is 1. The third kappa shape index (κ3) is 2.17. The van der Waals surface area contributed by atoms with Crippen molar-refractivity contribution >= 4 is 17.3 Å². The highest BCUT2D eigenvalue weighted by atomic mass is 16.1. The number of hydrazone groups is 1. The molecule has 4 nitrogen and oxygen atoms in total. The quantitative estimate of drug-likeness (QED) is 0.848. The van der Waals surface area contributed by atoms with Gasteiger partial charge in [0.25, 0.3) is 0 Å². The van der Waals surface area contributed by atoms with Gasteiger partial charge in [-0.05, 0) is 36.8 Å². The molecule has 3 fully saturated rings. The second-order valence-electron chi connectivity index (χ2n) is 6.60.